The Morgan fingerprint density at radius 2 is 1.92 bits per heavy atom. The molecule has 2 N–H and O–H groups in total. The van der Waals surface area contributed by atoms with Crippen molar-refractivity contribution in [2.45, 2.75) is 57.3 Å². The molecule has 6 nitrogen and oxygen atoms in total. The molecule has 1 amide bonds. The first-order chi connectivity index (χ1) is 12.2. The summed E-state index contributed by atoms with van der Waals surface area (Å²) >= 11 is 3.17. The highest BCUT2D eigenvalue weighted by molar-refractivity contribution is 7.20. The van der Waals surface area contributed by atoms with E-state index in [1.165, 1.54) is 0 Å². The van der Waals surface area contributed by atoms with Gasteiger partial charge in [0.2, 0.25) is 5.91 Å². The minimum Gasteiger partial charge on any atom is -0.292 e. The quantitative estimate of drug-likeness (QED) is 0.280. The molecule has 134 valence electrons. The number of amides is 1. The van der Waals surface area contributed by atoms with Crippen molar-refractivity contribution in [1.82, 2.24) is 15.4 Å². The maximum Gasteiger partial charge on any atom is 0.243 e. The number of thiazole rings is 2. The van der Waals surface area contributed by atoms with Gasteiger partial charge in [0.05, 0.1) is 0 Å². The smallest absolute Gasteiger partial charge is 0.243 e. The molecule has 1 fully saturated rings. The van der Waals surface area contributed by atoms with E-state index in [1.54, 1.807) is 34.4 Å². The molecule has 8 heteroatoms. The fourth-order valence-electron chi connectivity index (χ4n) is 2.67. The Morgan fingerprint density at radius 1 is 1.16 bits per heavy atom. The zero-order valence-electron chi connectivity index (χ0n) is 13.9. The van der Waals surface area contributed by atoms with E-state index in [4.69, 9.17) is 5.21 Å². The van der Waals surface area contributed by atoms with E-state index in [1.807, 2.05) is 5.38 Å². The van der Waals surface area contributed by atoms with Gasteiger partial charge in [0, 0.05) is 29.3 Å². The first-order valence-electron chi connectivity index (χ1n) is 8.55. The van der Waals surface area contributed by atoms with Crippen molar-refractivity contribution in [2.24, 2.45) is 0 Å². The van der Waals surface area contributed by atoms with Crippen LogP contribution < -0.4 is 5.48 Å². The van der Waals surface area contributed by atoms with Crippen LogP contribution in [0.3, 0.4) is 0 Å². The summed E-state index contributed by atoms with van der Waals surface area (Å²) < 4.78 is 0. The molecule has 0 saturated heterocycles. The van der Waals surface area contributed by atoms with E-state index < -0.39 is 0 Å². The van der Waals surface area contributed by atoms with Crippen molar-refractivity contribution in [3.8, 4) is 10.0 Å². The van der Waals surface area contributed by atoms with Gasteiger partial charge in [-0.15, -0.1) is 22.7 Å². The topological polar surface area (TPSA) is 92.2 Å². The average molecular weight is 380 g/mol. The summed E-state index contributed by atoms with van der Waals surface area (Å²) in [5.41, 5.74) is 2.28. The standard InChI is InChI=1S/C17H21N3O3S2/c21-12(5-3-1-2-4-6-13(22)20-23)14-15(11-7-8-11)25-17(19-14)16-18-9-10-24-16/h9-11,23H,1-8H2,(H,20,22). The lowest BCUT2D eigenvalue weighted by Gasteiger charge is -2.02. The molecular formula is C17H21N3O3S2. The number of nitrogens with zero attached hydrogens (tertiary/aromatic N) is 2. The Bertz CT molecular complexity index is 724. The zero-order chi connectivity index (χ0) is 17.6. The Kier molecular flexibility index (Phi) is 6.28. The van der Waals surface area contributed by atoms with Crippen molar-refractivity contribution in [1.29, 1.82) is 0 Å². The third-order valence-electron chi connectivity index (χ3n) is 4.16. The summed E-state index contributed by atoms with van der Waals surface area (Å²) in [4.78, 5) is 33.6. The predicted octanol–water partition coefficient (Wildman–Crippen LogP) is 4.17. The lowest BCUT2D eigenvalue weighted by atomic mass is 10.1. The second kappa shape index (κ2) is 8.64. The molecule has 0 bridgehead atoms. The number of hydroxylamine groups is 1. The fraction of sp³-hybridized carbons (Fsp3) is 0.529. The molecule has 2 heterocycles. The molecule has 1 aliphatic rings. The fourth-order valence-corrected chi connectivity index (χ4v) is 4.61. The van der Waals surface area contributed by atoms with Gasteiger partial charge >= 0.3 is 0 Å². The van der Waals surface area contributed by atoms with E-state index in [9.17, 15) is 9.59 Å². The van der Waals surface area contributed by atoms with E-state index in [-0.39, 0.29) is 11.7 Å². The number of rotatable bonds is 10. The van der Waals surface area contributed by atoms with Crippen LogP contribution in [0.4, 0.5) is 0 Å². The number of carbonyl (C=O) groups is 2. The Morgan fingerprint density at radius 3 is 2.56 bits per heavy atom. The molecule has 0 unspecified atom stereocenters. The molecule has 25 heavy (non-hydrogen) atoms. The first-order valence-corrected chi connectivity index (χ1v) is 10.3. The van der Waals surface area contributed by atoms with Gasteiger partial charge in [-0.25, -0.2) is 15.4 Å². The summed E-state index contributed by atoms with van der Waals surface area (Å²) in [6.45, 7) is 0. The first kappa shape index (κ1) is 18.2. The van der Waals surface area contributed by atoms with Crippen LogP contribution in [-0.2, 0) is 4.79 Å². The van der Waals surface area contributed by atoms with Crippen LogP contribution in [-0.4, -0.2) is 26.9 Å². The van der Waals surface area contributed by atoms with Crippen molar-refractivity contribution >= 4 is 34.4 Å². The molecule has 0 aliphatic heterocycles. The number of hydrogen-bond acceptors (Lipinski definition) is 7. The number of carbonyl (C=O) groups excluding carboxylic acids is 2. The Hall–Kier alpha value is -1.64. The third-order valence-corrected chi connectivity index (χ3v) is 6.30. The van der Waals surface area contributed by atoms with E-state index in [2.05, 4.69) is 9.97 Å². The van der Waals surface area contributed by atoms with Crippen molar-refractivity contribution in [2.75, 3.05) is 0 Å². The van der Waals surface area contributed by atoms with Crippen LogP contribution in [0.5, 0.6) is 0 Å². The van der Waals surface area contributed by atoms with Gasteiger partial charge in [-0.3, -0.25) is 14.8 Å². The summed E-state index contributed by atoms with van der Waals surface area (Å²) in [5, 5.41) is 12.1. The molecule has 0 radical (unpaired) electrons. The maximum absolute atomic E-state index is 12.6. The summed E-state index contributed by atoms with van der Waals surface area (Å²) in [6.07, 6.45) is 8.15. The summed E-state index contributed by atoms with van der Waals surface area (Å²) in [7, 11) is 0. The number of Topliss-reactive ketones (excluding diaryl/α,β-unsaturated/α-hetero) is 1. The van der Waals surface area contributed by atoms with Crippen LogP contribution >= 0.6 is 22.7 Å². The minimum absolute atomic E-state index is 0.119. The van der Waals surface area contributed by atoms with Crippen molar-refractivity contribution < 1.29 is 14.8 Å². The van der Waals surface area contributed by atoms with Gasteiger partial charge in [-0.2, -0.15) is 0 Å². The second-order valence-corrected chi connectivity index (χ2v) is 8.14. The van der Waals surface area contributed by atoms with E-state index in [0.717, 1.165) is 53.4 Å². The van der Waals surface area contributed by atoms with E-state index in [0.29, 0.717) is 24.5 Å². The van der Waals surface area contributed by atoms with Gasteiger partial charge in [-0.05, 0) is 31.6 Å². The summed E-state index contributed by atoms with van der Waals surface area (Å²) in [6, 6.07) is 0. The predicted molar refractivity (Wildman–Crippen MR) is 97.2 cm³/mol. The van der Waals surface area contributed by atoms with Crippen LogP contribution in [0.25, 0.3) is 10.0 Å². The molecule has 2 aromatic heterocycles. The van der Waals surface area contributed by atoms with Crippen molar-refractivity contribution in [3.63, 3.8) is 0 Å². The largest absolute Gasteiger partial charge is 0.292 e. The molecule has 0 spiro atoms. The highest BCUT2D eigenvalue weighted by Crippen LogP contribution is 2.46. The lowest BCUT2D eigenvalue weighted by Crippen LogP contribution is -2.17. The Labute approximate surface area is 154 Å². The number of ketones is 1. The number of hydrogen-bond donors (Lipinski definition) is 2. The maximum atomic E-state index is 12.6. The summed E-state index contributed by atoms with van der Waals surface area (Å²) in [5.74, 6) is 0.263. The zero-order valence-corrected chi connectivity index (χ0v) is 15.5. The molecule has 0 atom stereocenters. The molecule has 1 saturated carbocycles. The SMILES string of the molecule is O=C(CCCCCCC(=O)c1nc(-c2nccs2)sc1C1CC1)NO. The molecular weight excluding hydrogens is 358 g/mol. The highest BCUT2D eigenvalue weighted by atomic mass is 32.1. The van der Waals surface area contributed by atoms with Gasteiger partial charge in [0.25, 0.3) is 0 Å². The lowest BCUT2D eigenvalue weighted by molar-refractivity contribution is -0.129. The van der Waals surface area contributed by atoms with Crippen molar-refractivity contribution in [3.05, 3.63) is 22.1 Å². The second-order valence-electron chi connectivity index (χ2n) is 6.22. The van der Waals surface area contributed by atoms with Gasteiger partial charge in [0.15, 0.2) is 15.8 Å². The van der Waals surface area contributed by atoms with Crippen LogP contribution in [0, 0.1) is 0 Å². The number of aromatic nitrogens is 2. The van der Waals surface area contributed by atoms with Crippen LogP contribution in [0.1, 0.15) is 72.7 Å². The monoisotopic (exact) mass is 379 g/mol. The minimum atomic E-state index is -0.359. The molecule has 3 rings (SSSR count). The highest BCUT2D eigenvalue weighted by Gasteiger charge is 2.32. The van der Waals surface area contributed by atoms with Gasteiger partial charge in [0.1, 0.15) is 5.69 Å². The molecule has 2 aromatic rings. The third kappa shape index (κ3) is 4.93. The van der Waals surface area contributed by atoms with Gasteiger partial charge < -0.3 is 0 Å². The van der Waals surface area contributed by atoms with E-state index >= 15 is 0 Å². The molecule has 1 aliphatic carbocycles. The number of nitrogens with one attached hydrogen (secondary N) is 1. The molecule has 0 aromatic carbocycles. The normalized spacial score (nSPS) is 13.8. The van der Waals surface area contributed by atoms with Gasteiger partial charge in [-0.1, -0.05) is 12.8 Å². The number of unbranched alkanes of at least 4 members (excludes halogenated alkanes) is 3. The average Bonchev–Trinajstić information content (AvgIpc) is 3.13. The van der Waals surface area contributed by atoms with Crippen LogP contribution in [0.2, 0.25) is 0 Å². The van der Waals surface area contributed by atoms with Crippen LogP contribution in [0.15, 0.2) is 11.6 Å². The Balaban J connectivity index is 1.52.